The quantitative estimate of drug-likeness (QED) is 0.636. The average Bonchev–Trinajstić information content (AvgIpc) is 2.19. The van der Waals surface area contributed by atoms with E-state index in [1.54, 1.807) is 5.56 Å². The topological polar surface area (TPSA) is 0 Å². The zero-order valence-corrected chi connectivity index (χ0v) is 10.5. The molecular formula is C15H22. The normalized spacial score (nSPS) is 10.4. The van der Waals surface area contributed by atoms with Crippen molar-refractivity contribution < 1.29 is 0 Å². The molecular weight excluding hydrogens is 180 g/mol. The molecule has 0 saturated heterocycles. The van der Waals surface area contributed by atoms with Gasteiger partial charge in [0.1, 0.15) is 0 Å². The molecule has 0 heterocycles. The zero-order valence-electron chi connectivity index (χ0n) is 10.5. The van der Waals surface area contributed by atoms with Crippen LogP contribution in [0.5, 0.6) is 0 Å². The average molecular weight is 202 g/mol. The molecule has 0 radical (unpaired) electrons. The highest BCUT2D eigenvalue weighted by atomic mass is 14.1. The highest BCUT2D eigenvalue weighted by Crippen LogP contribution is 2.21. The van der Waals surface area contributed by atoms with E-state index < -0.39 is 0 Å². The Morgan fingerprint density at radius 3 is 2.13 bits per heavy atom. The van der Waals surface area contributed by atoms with Crippen LogP contribution >= 0.6 is 0 Å². The molecule has 0 amide bonds. The Bertz CT molecular complexity index is 359. The van der Waals surface area contributed by atoms with E-state index in [0.717, 1.165) is 19.3 Å². The molecule has 0 fully saturated rings. The Balaban J connectivity index is 3.02. The molecule has 1 aromatic carbocycles. The van der Waals surface area contributed by atoms with E-state index in [-0.39, 0.29) is 0 Å². The number of hydrogen-bond donors (Lipinski definition) is 0. The van der Waals surface area contributed by atoms with Gasteiger partial charge in [0.2, 0.25) is 0 Å². The lowest BCUT2D eigenvalue weighted by atomic mass is 9.91. The predicted octanol–water partition coefficient (Wildman–Crippen LogP) is 4.37. The Kier molecular flexibility index (Phi) is 4.14. The molecule has 0 aliphatic carbocycles. The van der Waals surface area contributed by atoms with Crippen molar-refractivity contribution in [3.63, 3.8) is 0 Å². The fourth-order valence-corrected chi connectivity index (χ4v) is 2.11. The van der Waals surface area contributed by atoms with Gasteiger partial charge in [-0.05, 0) is 62.3 Å². The molecule has 0 aliphatic rings. The van der Waals surface area contributed by atoms with Crippen LogP contribution < -0.4 is 0 Å². The van der Waals surface area contributed by atoms with Gasteiger partial charge in [0, 0.05) is 0 Å². The Morgan fingerprint density at radius 2 is 1.67 bits per heavy atom. The van der Waals surface area contributed by atoms with Crippen molar-refractivity contribution in [2.75, 3.05) is 0 Å². The van der Waals surface area contributed by atoms with Crippen LogP contribution in [0, 0.1) is 13.8 Å². The molecule has 0 aromatic heterocycles. The van der Waals surface area contributed by atoms with Gasteiger partial charge in [0.05, 0.1) is 0 Å². The molecule has 82 valence electrons. The molecule has 0 saturated carbocycles. The van der Waals surface area contributed by atoms with Crippen LogP contribution in [-0.4, -0.2) is 0 Å². The molecule has 0 N–H and O–H groups in total. The molecule has 0 heteroatoms. The first-order valence-electron chi connectivity index (χ1n) is 5.78. The van der Waals surface area contributed by atoms with Crippen molar-refractivity contribution in [3.05, 3.63) is 46.5 Å². The summed E-state index contributed by atoms with van der Waals surface area (Å²) in [5.74, 6) is 0. The maximum atomic E-state index is 3.98. The van der Waals surface area contributed by atoms with E-state index in [0.29, 0.717) is 0 Å². The van der Waals surface area contributed by atoms with Crippen molar-refractivity contribution in [1.29, 1.82) is 0 Å². The Morgan fingerprint density at radius 1 is 1.13 bits per heavy atom. The van der Waals surface area contributed by atoms with E-state index in [1.165, 1.54) is 22.3 Å². The van der Waals surface area contributed by atoms with Gasteiger partial charge in [-0.15, -0.1) is 6.58 Å². The minimum atomic E-state index is 1.11. The molecule has 0 unspecified atom stereocenters. The largest absolute Gasteiger partial charge is 0.100 e. The van der Waals surface area contributed by atoms with Crippen LogP contribution in [0.25, 0.3) is 0 Å². The molecule has 0 aliphatic heterocycles. The number of benzene rings is 1. The van der Waals surface area contributed by atoms with Gasteiger partial charge in [0.25, 0.3) is 0 Å². The summed E-state index contributed by atoms with van der Waals surface area (Å²) in [4.78, 5) is 0. The van der Waals surface area contributed by atoms with Gasteiger partial charge >= 0.3 is 0 Å². The molecule has 1 aromatic rings. The molecule has 1 rings (SSSR count). The van der Waals surface area contributed by atoms with Crippen LogP contribution in [0.4, 0.5) is 0 Å². The number of rotatable bonds is 4. The maximum Gasteiger partial charge on any atom is -0.0236 e. The highest BCUT2D eigenvalue weighted by molar-refractivity contribution is 5.40. The van der Waals surface area contributed by atoms with Crippen LogP contribution in [-0.2, 0) is 12.8 Å². The second-order valence-corrected chi connectivity index (χ2v) is 4.47. The van der Waals surface area contributed by atoms with Crippen molar-refractivity contribution in [3.8, 4) is 0 Å². The zero-order chi connectivity index (χ0) is 11.4. The summed E-state index contributed by atoms with van der Waals surface area (Å²) >= 11 is 0. The van der Waals surface area contributed by atoms with E-state index in [4.69, 9.17) is 0 Å². The summed E-state index contributed by atoms with van der Waals surface area (Å²) in [6, 6.07) is 4.47. The standard InChI is InChI=1S/C15H22/c1-6-14-12(4)8-9-13(5)15(14)10-7-11(2)3/h8-9H,2,6-7,10H2,1,3-5H3. The first-order chi connectivity index (χ1) is 7.06. The van der Waals surface area contributed by atoms with Crippen molar-refractivity contribution >= 4 is 0 Å². The number of aryl methyl sites for hydroxylation is 2. The summed E-state index contributed by atoms with van der Waals surface area (Å²) in [6.45, 7) is 12.8. The van der Waals surface area contributed by atoms with E-state index in [1.807, 2.05) is 0 Å². The highest BCUT2D eigenvalue weighted by Gasteiger charge is 2.06. The lowest BCUT2D eigenvalue weighted by Crippen LogP contribution is -2.00. The van der Waals surface area contributed by atoms with Crippen LogP contribution in [0.15, 0.2) is 24.3 Å². The molecule has 15 heavy (non-hydrogen) atoms. The third-order valence-electron chi connectivity index (χ3n) is 3.05. The summed E-state index contributed by atoms with van der Waals surface area (Å²) < 4.78 is 0. The summed E-state index contributed by atoms with van der Waals surface area (Å²) in [6.07, 6.45) is 3.39. The summed E-state index contributed by atoms with van der Waals surface area (Å²) in [5.41, 5.74) is 7.22. The molecule has 0 atom stereocenters. The lowest BCUT2D eigenvalue weighted by Gasteiger charge is -2.14. The van der Waals surface area contributed by atoms with E-state index in [9.17, 15) is 0 Å². The lowest BCUT2D eigenvalue weighted by molar-refractivity contribution is 0.903. The SMILES string of the molecule is C=C(C)CCc1c(C)ccc(C)c1CC. The minimum Gasteiger partial charge on any atom is -0.100 e. The smallest absolute Gasteiger partial charge is 0.0236 e. The number of allylic oxidation sites excluding steroid dienone is 1. The fraction of sp³-hybridized carbons (Fsp3) is 0.467. The maximum absolute atomic E-state index is 3.98. The van der Waals surface area contributed by atoms with Gasteiger partial charge in [-0.2, -0.15) is 0 Å². The Labute approximate surface area is 94.0 Å². The van der Waals surface area contributed by atoms with E-state index >= 15 is 0 Å². The summed E-state index contributed by atoms with van der Waals surface area (Å²) in [5, 5.41) is 0. The van der Waals surface area contributed by atoms with Crippen LogP contribution in [0.1, 0.15) is 42.5 Å². The van der Waals surface area contributed by atoms with Gasteiger partial charge < -0.3 is 0 Å². The van der Waals surface area contributed by atoms with Gasteiger partial charge in [0.15, 0.2) is 0 Å². The van der Waals surface area contributed by atoms with Gasteiger partial charge in [-0.1, -0.05) is 24.6 Å². The van der Waals surface area contributed by atoms with E-state index in [2.05, 4.69) is 46.4 Å². The second-order valence-electron chi connectivity index (χ2n) is 4.47. The third kappa shape index (κ3) is 2.95. The minimum absolute atomic E-state index is 1.11. The predicted molar refractivity (Wildman–Crippen MR) is 68.4 cm³/mol. The van der Waals surface area contributed by atoms with Crippen LogP contribution in [0.2, 0.25) is 0 Å². The third-order valence-corrected chi connectivity index (χ3v) is 3.05. The number of hydrogen-bond acceptors (Lipinski definition) is 0. The fourth-order valence-electron chi connectivity index (χ4n) is 2.11. The molecule has 0 spiro atoms. The van der Waals surface area contributed by atoms with Crippen molar-refractivity contribution in [2.24, 2.45) is 0 Å². The summed E-state index contributed by atoms with van der Waals surface area (Å²) in [7, 11) is 0. The van der Waals surface area contributed by atoms with Crippen molar-refractivity contribution in [2.45, 2.75) is 47.0 Å². The van der Waals surface area contributed by atoms with Crippen molar-refractivity contribution in [1.82, 2.24) is 0 Å². The first-order valence-corrected chi connectivity index (χ1v) is 5.78. The van der Waals surface area contributed by atoms with Gasteiger partial charge in [-0.3, -0.25) is 0 Å². The Hall–Kier alpha value is -1.04. The monoisotopic (exact) mass is 202 g/mol. The second kappa shape index (κ2) is 5.16. The van der Waals surface area contributed by atoms with Crippen LogP contribution in [0.3, 0.4) is 0 Å². The molecule has 0 nitrogen and oxygen atoms in total. The van der Waals surface area contributed by atoms with Gasteiger partial charge in [-0.25, -0.2) is 0 Å². The first kappa shape index (κ1) is 12.0. The molecule has 0 bridgehead atoms.